The summed E-state index contributed by atoms with van der Waals surface area (Å²) >= 11 is 0. The van der Waals surface area contributed by atoms with E-state index in [9.17, 15) is 12.8 Å². The van der Waals surface area contributed by atoms with E-state index in [4.69, 9.17) is 8.83 Å². The summed E-state index contributed by atoms with van der Waals surface area (Å²) in [6.45, 7) is 0. The zero-order valence-electron chi connectivity index (χ0n) is 14.5. The van der Waals surface area contributed by atoms with E-state index in [0.717, 1.165) is 37.8 Å². The predicted molar refractivity (Wildman–Crippen MR) is 96.6 cm³/mol. The molecular weight excluding hydrogens is 371 g/mol. The third kappa shape index (κ3) is 3.62. The van der Waals surface area contributed by atoms with Crippen molar-refractivity contribution in [2.75, 3.05) is 5.32 Å². The monoisotopic (exact) mass is 390 g/mol. The quantitative estimate of drug-likeness (QED) is 0.638. The van der Waals surface area contributed by atoms with Gasteiger partial charge in [0.25, 0.3) is 5.89 Å². The van der Waals surface area contributed by atoms with Crippen LogP contribution in [0.25, 0.3) is 11.7 Å². The fourth-order valence-electron chi connectivity index (χ4n) is 3.24. The molecule has 27 heavy (non-hydrogen) atoms. The smallest absolute Gasteiger partial charge is 0.266 e. The van der Waals surface area contributed by atoms with Gasteiger partial charge >= 0.3 is 0 Å². The van der Waals surface area contributed by atoms with Crippen molar-refractivity contribution in [2.24, 2.45) is 0 Å². The molecule has 0 amide bonds. The molecule has 6 nitrogen and oxygen atoms in total. The number of rotatable bonds is 5. The normalized spacial score (nSPS) is 15.7. The van der Waals surface area contributed by atoms with Crippen molar-refractivity contribution in [3.63, 3.8) is 0 Å². The second-order valence-electron chi connectivity index (χ2n) is 6.57. The zero-order chi connectivity index (χ0) is 18.9. The van der Waals surface area contributed by atoms with Gasteiger partial charge in [-0.05, 0) is 49.2 Å². The summed E-state index contributed by atoms with van der Waals surface area (Å²) < 4.78 is 50.4. The average Bonchev–Trinajstić information content (AvgIpc) is 3.33. The summed E-state index contributed by atoms with van der Waals surface area (Å²) in [5.74, 6) is 0.00445. The van der Waals surface area contributed by atoms with Gasteiger partial charge < -0.3 is 14.2 Å². The number of anilines is 1. The fraction of sp³-hybridized carbons (Fsp3) is 0.316. The molecule has 142 valence electrons. The van der Waals surface area contributed by atoms with Crippen molar-refractivity contribution in [1.82, 2.24) is 4.98 Å². The first-order chi connectivity index (χ1) is 13.0. The predicted octanol–water partition coefficient (Wildman–Crippen LogP) is 4.65. The number of furan rings is 1. The molecule has 1 aromatic carbocycles. The molecule has 0 spiro atoms. The van der Waals surface area contributed by atoms with Gasteiger partial charge in [-0.15, -0.1) is 0 Å². The van der Waals surface area contributed by atoms with E-state index in [1.807, 2.05) is 0 Å². The minimum absolute atomic E-state index is 0.0464. The summed E-state index contributed by atoms with van der Waals surface area (Å²) in [5, 5.41) is 2.98. The van der Waals surface area contributed by atoms with Gasteiger partial charge in [0.2, 0.25) is 20.7 Å². The minimum atomic E-state index is -3.98. The molecule has 3 aromatic rings. The summed E-state index contributed by atoms with van der Waals surface area (Å²) in [6.07, 6.45) is 6.67. The molecule has 1 aliphatic rings. The van der Waals surface area contributed by atoms with E-state index in [1.165, 1.54) is 24.8 Å². The van der Waals surface area contributed by atoms with E-state index in [0.29, 0.717) is 5.76 Å². The Morgan fingerprint density at radius 2 is 1.81 bits per heavy atom. The van der Waals surface area contributed by atoms with E-state index >= 15 is 0 Å². The minimum Gasteiger partial charge on any atom is -0.459 e. The van der Waals surface area contributed by atoms with Crippen LogP contribution in [0.1, 0.15) is 32.1 Å². The highest BCUT2D eigenvalue weighted by Gasteiger charge is 2.30. The fourth-order valence-corrected chi connectivity index (χ4v) is 4.51. The van der Waals surface area contributed by atoms with Gasteiger partial charge in [0.05, 0.1) is 11.2 Å². The molecule has 0 saturated heterocycles. The van der Waals surface area contributed by atoms with Gasteiger partial charge in [0.1, 0.15) is 5.82 Å². The van der Waals surface area contributed by atoms with Gasteiger partial charge in [-0.3, -0.25) is 0 Å². The Kier molecular flexibility index (Phi) is 4.73. The maximum atomic E-state index is 13.2. The number of halogens is 1. The molecule has 1 saturated carbocycles. The van der Waals surface area contributed by atoms with Crippen molar-refractivity contribution in [3.05, 3.63) is 48.5 Å². The number of hydrogen-bond donors (Lipinski definition) is 1. The third-order valence-electron chi connectivity index (χ3n) is 4.65. The highest BCUT2D eigenvalue weighted by Crippen LogP contribution is 2.34. The molecule has 1 fully saturated rings. The zero-order valence-corrected chi connectivity index (χ0v) is 15.3. The SMILES string of the molecule is O=S(=O)(c1ccc(F)cc1)c1nc(-c2ccco2)oc1NC1CCCCC1. The van der Waals surface area contributed by atoms with Crippen molar-refractivity contribution in [2.45, 2.75) is 48.1 Å². The summed E-state index contributed by atoms with van der Waals surface area (Å²) in [6, 6.07) is 8.08. The molecule has 2 heterocycles. The Balaban J connectivity index is 1.76. The number of sulfone groups is 1. The first-order valence-corrected chi connectivity index (χ1v) is 10.3. The van der Waals surface area contributed by atoms with Crippen LogP contribution in [0.4, 0.5) is 10.3 Å². The van der Waals surface area contributed by atoms with E-state index in [-0.39, 0.29) is 27.7 Å². The second kappa shape index (κ2) is 7.19. The standard InChI is InChI=1S/C19H19FN2O4S/c20-13-8-10-15(11-9-13)27(23,24)19-18(21-14-5-2-1-3-6-14)26-17(22-19)16-7-4-12-25-16/h4,7-12,14,21H,1-3,5-6H2. The van der Waals surface area contributed by atoms with E-state index in [1.54, 1.807) is 12.1 Å². The van der Waals surface area contributed by atoms with Crippen molar-refractivity contribution < 1.29 is 21.6 Å². The van der Waals surface area contributed by atoms with Crippen molar-refractivity contribution >= 4 is 15.7 Å². The maximum Gasteiger partial charge on any atom is 0.266 e. The molecular formula is C19H19FN2O4S. The first kappa shape index (κ1) is 17.8. The summed E-state index contributed by atoms with van der Waals surface area (Å²) in [4.78, 5) is 4.14. The van der Waals surface area contributed by atoms with Crippen molar-refractivity contribution in [1.29, 1.82) is 0 Å². The lowest BCUT2D eigenvalue weighted by atomic mass is 9.96. The molecule has 0 radical (unpaired) electrons. The van der Waals surface area contributed by atoms with Crippen LogP contribution in [0.2, 0.25) is 0 Å². The van der Waals surface area contributed by atoms with Gasteiger partial charge in [0.15, 0.2) is 5.76 Å². The second-order valence-corrected chi connectivity index (χ2v) is 8.43. The average molecular weight is 390 g/mol. The van der Waals surface area contributed by atoms with Crippen molar-refractivity contribution in [3.8, 4) is 11.7 Å². The number of oxazole rings is 1. The molecule has 0 aliphatic heterocycles. The Morgan fingerprint density at radius 1 is 1.07 bits per heavy atom. The van der Waals surface area contributed by atoms with Crippen LogP contribution in [0.3, 0.4) is 0 Å². The molecule has 0 atom stereocenters. The highest BCUT2D eigenvalue weighted by atomic mass is 32.2. The Labute approximate surface area is 156 Å². The van der Waals surface area contributed by atoms with Crippen LogP contribution in [-0.2, 0) is 9.84 Å². The van der Waals surface area contributed by atoms with Crippen LogP contribution < -0.4 is 5.32 Å². The molecule has 8 heteroatoms. The number of nitrogens with zero attached hydrogens (tertiary/aromatic N) is 1. The molecule has 1 aliphatic carbocycles. The van der Waals surface area contributed by atoms with Crippen LogP contribution >= 0.6 is 0 Å². The molecule has 1 N–H and O–H groups in total. The van der Waals surface area contributed by atoms with Crippen LogP contribution in [0.15, 0.2) is 61.4 Å². The number of hydrogen-bond acceptors (Lipinski definition) is 6. The Morgan fingerprint density at radius 3 is 2.48 bits per heavy atom. The van der Waals surface area contributed by atoms with Crippen LogP contribution in [-0.4, -0.2) is 19.4 Å². The lowest BCUT2D eigenvalue weighted by Gasteiger charge is -2.22. The lowest BCUT2D eigenvalue weighted by molar-refractivity contribution is 0.448. The van der Waals surface area contributed by atoms with Crippen LogP contribution in [0.5, 0.6) is 0 Å². The maximum absolute atomic E-state index is 13.2. The number of aromatic nitrogens is 1. The number of benzene rings is 1. The topological polar surface area (TPSA) is 85.3 Å². The Hall–Kier alpha value is -2.61. The lowest BCUT2D eigenvalue weighted by Crippen LogP contribution is -2.23. The summed E-state index contributed by atoms with van der Waals surface area (Å²) in [5.41, 5.74) is 0. The molecule has 2 aromatic heterocycles. The number of nitrogens with one attached hydrogen (secondary N) is 1. The summed E-state index contributed by atoms with van der Waals surface area (Å²) in [7, 11) is -3.98. The van der Waals surface area contributed by atoms with E-state index in [2.05, 4.69) is 10.3 Å². The first-order valence-electron chi connectivity index (χ1n) is 8.86. The Bertz CT molecular complexity index is 1000. The van der Waals surface area contributed by atoms with Crippen LogP contribution in [0, 0.1) is 5.82 Å². The van der Waals surface area contributed by atoms with E-state index < -0.39 is 15.7 Å². The largest absolute Gasteiger partial charge is 0.459 e. The molecule has 0 unspecified atom stereocenters. The van der Waals surface area contributed by atoms with Gasteiger partial charge in [0, 0.05) is 6.04 Å². The third-order valence-corrected chi connectivity index (χ3v) is 6.33. The van der Waals surface area contributed by atoms with Gasteiger partial charge in [-0.25, -0.2) is 12.8 Å². The molecule has 0 bridgehead atoms. The molecule has 4 rings (SSSR count). The highest BCUT2D eigenvalue weighted by molar-refractivity contribution is 7.91. The van der Waals surface area contributed by atoms with Gasteiger partial charge in [-0.2, -0.15) is 4.98 Å². The van der Waals surface area contributed by atoms with Gasteiger partial charge in [-0.1, -0.05) is 19.3 Å².